The van der Waals surface area contributed by atoms with Gasteiger partial charge in [-0.3, -0.25) is 15.0 Å². The molecule has 0 radical (unpaired) electrons. The van der Waals surface area contributed by atoms with Crippen molar-refractivity contribution in [2.45, 2.75) is 13.8 Å². The summed E-state index contributed by atoms with van der Waals surface area (Å²) in [6.07, 6.45) is 0. The first-order chi connectivity index (χ1) is 5.93. The van der Waals surface area contributed by atoms with Crippen LogP contribution in [-0.2, 0) is 0 Å². The minimum atomic E-state index is -0.639. The predicted octanol–water partition coefficient (Wildman–Crippen LogP) is -4.48. The third kappa shape index (κ3) is 48.1. The molecule has 17 heavy (non-hydrogen) atoms. The van der Waals surface area contributed by atoms with E-state index < -0.39 is 5.24 Å². The van der Waals surface area contributed by atoms with Gasteiger partial charge in [0, 0.05) is 13.1 Å². The molecule has 0 atom stereocenters. The molecule has 0 spiro atoms. The maximum atomic E-state index is 10.3. The SMILES string of the molecule is CCN(CC)NC(=O)S.NC(=O)S.O.O.O.[H-].[Na+]. The number of hydrogen-bond acceptors (Lipinski definition) is 3. The number of hydrogen-bond donors (Lipinski definition) is 4. The van der Waals surface area contributed by atoms with Gasteiger partial charge >= 0.3 is 29.6 Å². The van der Waals surface area contributed by atoms with Crippen molar-refractivity contribution in [2.75, 3.05) is 13.1 Å². The van der Waals surface area contributed by atoms with Gasteiger partial charge in [0.1, 0.15) is 0 Å². The fourth-order valence-corrected chi connectivity index (χ4v) is 0.658. The standard InChI is InChI=1S/C5H12N2OS.CH3NOS.Na.3H2O.H/c1-3-7(4-2)6-5(8)9;2-1(3)4;;;;;/h3-4H2,1-2H3,(H2,6,8,9);(H3,2,3,4);;3*1H2;/q;;+1;;;;-1. The Bertz CT molecular complexity index is 175. The summed E-state index contributed by atoms with van der Waals surface area (Å²) in [7, 11) is 0. The molecule has 0 aliphatic heterocycles. The van der Waals surface area contributed by atoms with Crippen LogP contribution >= 0.6 is 25.3 Å². The number of carbonyl (C=O) groups excluding carboxylic acids is 2. The van der Waals surface area contributed by atoms with Crippen LogP contribution in [0.1, 0.15) is 15.3 Å². The van der Waals surface area contributed by atoms with Gasteiger partial charge in [-0.15, -0.1) is 0 Å². The first-order valence-corrected chi connectivity index (χ1v) is 4.56. The van der Waals surface area contributed by atoms with Gasteiger partial charge < -0.3 is 23.6 Å². The van der Waals surface area contributed by atoms with E-state index in [1.807, 2.05) is 13.8 Å². The quantitative estimate of drug-likeness (QED) is 0.234. The second-order valence-corrected chi connectivity index (χ2v) is 2.77. The molecule has 0 aromatic carbocycles. The summed E-state index contributed by atoms with van der Waals surface area (Å²) in [5.74, 6) is 0. The number of carbonyl (C=O) groups is 2. The second kappa shape index (κ2) is 25.4. The van der Waals surface area contributed by atoms with Crippen LogP contribution in [0.5, 0.6) is 0 Å². The Morgan fingerprint density at radius 1 is 1.18 bits per heavy atom. The molecule has 0 saturated heterocycles. The molecule has 0 aliphatic rings. The molecule has 104 valence electrons. The van der Waals surface area contributed by atoms with Gasteiger partial charge in [0.25, 0.3) is 10.5 Å². The fourth-order valence-electron chi connectivity index (χ4n) is 0.517. The van der Waals surface area contributed by atoms with Crippen molar-refractivity contribution in [3.63, 3.8) is 0 Å². The molecule has 0 aromatic rings. The molecule has 0 rings (SSSR count). The average molecular weight is 303 g/mol. The van der Waals surface area contributed by atoms with Crippen LogP contribution in [0.3, 0.4) is 0 Å². The van der Waals surface area contributed by atoms with Crippen LogP contribution in [0.4, 0.5) is 9.59 Å². The number of primary amides is 1. The second-order valence-electron chi connectivity index (χ2n) is 1.93. The van der Waals surface area contributed by atoms with E-state index in [9.17, 15) is 4.79 Å². The van der Waals surface area contributed by atoms with Crippen molar-refractivity contribution >= 4 is 35.7 Å². The number of hydrazine groups is 1. The molecule has 2 amide bonds. The molecule has 0 aliphatic carbocycles. The molecule has 9 N–H and O–H groups in total. The van der Waals surface area contributed by atoms with Gasteiger partial charge in [0.2, 0.25) is 0 Å². The van der Waals surface area contributed by atoms with Crippen LogP contribution in [0.15, 0.2) is 0 Å². The maximum absolute atomic E-state index is 10.3. The van der Waals surface area contributed by atoms with Crippen LogP contribution in [0.2, 0.25) is 0 Å². The summed E-state index contributed by atoms with van der Waals surface area (Å²) in [4.78, 5) is 19.4. The van der Waals surface area contributed by atoms with E-state index in [4.69, 9.17) is 4.79 Å². The Labute approximate surface area is 135 Å². The Kier molecular flexibility index (Phi) is 53.7. The number of nitrogens with one attached hydrogen (secondary N) is 1. The molecule has 0 fully saturated rings. The zero-order valence-electron chi connectivity index (χ0n) is 11.1. The van der Waals surface area contributed by atoms with Gasteiger partial charge in [-0.1, -0.05) is 39.1 Å². The van der Waals surface area contributed by atoms with Crippen LogP contribution in [-0.4, -0.2) is 45.0 Å². The van der Waals surface area contributed by atoms with Crippen molar-refractivity contribution in [3.05, 3.63) is 0 Å². The van der Waals surface area contributed by atoms with Crippen LogP contribution in [0.25, 0.3) is 0 Å². The Morgan fingerprint density at radius 2 is 1.41 bits per heavy atom. The van der Waals surface area contributed by atoms with E-state index in [2.05, 4.69) is 36.4 Å². The Balaban J connectivity index is -0.0000000243. The monoisotopic (exact) mass is 303 g/mol. The number of nitrogens with two attached hydrogens (primary N) is 1. The largest absolute Gasteiger partial charge is 1.00 e. The normalized spacial score (nSPS) is 6.65. The number of thiol groups is 2. The van der Waals surface area contributed by atoms with Crippen molar-refractivity contribution < 1.29 is 57.0 Å². The third-order valence-electron chi connectivity index (χ3n) is 1.02. The van der Waals surface area contributed by atoms with Crippen LogP contribution in [0, 0.1) is 0 Å². The van der Waals surface area contributed by atoms with Crippen molar-refractivity contribution in [1.29, 1.82) is 0 Å². The molecule has 0 saturated carbocycles. The zero-order chi connectivity index (χ0) is 10.9. The van der Waals surface area contributed by atoms with Gasteiger partial charge in [-0.2, -0.15) is 0 Å². The minimum Gasteiger partial charge on any atom is -1.00 e. The number of rotatable bonds is 3. The summed E-state index contributed by atoms with van der Waals surface area (Å²) in [6.45, 7) is 5.55. The predicted molar refractivity (Wildman–Crippen MR) is 71.0 cm³/mol. The molecular weight excluding hydrogens is 281 g/mol. The van der Waals surface area contributed by atoms with Crippen molar-refractivity contribution in [3.8, 4) is 0 Å². The third-order valence-corrected chi connectivity index (χ3v) is 1.12. The fraction of sp³-hybridized carbons (Fsp3) is 0.667. The number of nitrogens with zero attached hydrogens (tertiary/aromatic N) is 1. The Hall–Kier alpha value is 0.480. The molecule has 8 nitrogen and oxygen atoms in total. The number of amides is 2. The zero-order valence-corrected chi connectivity index (χ0v) is 13.9. The summed E-state index contributed by atoms with van der Waals surface area (Å²) in [6, 6.07) is 0. The molecule has 0 bridgehead atoms. The van der Waals surface area contributed by atoms with Gasteiger partial charge in [0.15, 0.2) is 0 Å². The molecule has 11 heteroatoms. The van der Waals surface area contributed by atoms with Gasteiger partial charge in [0.05, 0.1) is 0 Å². The van der Waals surface area contributed by atoms with E-state index in [1.165, 1.54) is 0 Å². The summed E-state index contributed by atoms with van der Waals surface area (Å²) >= 11 is 6.66. The topological polar surface area (TPSA) is 170 Å². The molecule has 0 unspecified atom stereocenters. The van der Waals surface area contributed by atoms with Gasteiger partial charge in [-0.25, -0.2) is 5.01 Å². The average Bonchev–Trinajstić information content (AvgIpc) is 1.98. The molecule has 0 heterocycles. The van der Waals surface area contributed by atoms with E-state index >= 15 is 0 Å². The van der Waals surface area contributed by atoms with Gasteiger partial charge in [-0.05, 0) is 0 Å². The van der Waals surface area contributed by atoms with E-state index in [0.717, 1.165) is 13.1 Å². The van der Waals surface area contributed by atoms with Crippen molar-refractivity contribution in [2.24, 2.45) is 5.73 Å². The van der Waals surface area contributed by atoms with Crippen molar-refractivity contribution in [1.82, 2.24) is 10.4 Å². The summed E-state index contributed by atoms with van der Waals surface area (Å²) in [5, 5.41) is 0.828. The summed E-state index contributed by atoms with van der Waals surface area (Å²) < 4.78 is 0. The Morgan fingerprint density at radius 3 is 1.47 bits per heavy atom. The van der Waals surface area contributed by atoms with E-state index in [-0.39, 0.29) is 52.7 Å². The van der Waals surface area contributed by atoms with Crippen LogP contribution < -0.4 is 40.7 Å². The molecule has 0 aromatic heterocycles. The van der Waals surface area contributed by atoms with E-state index in [1.54, 1.807) is 5.01 Å². The first kappa shape index (κ1) is 36.0. The smallest absolute Gasteiger partial charge is 1.00 e. The maximum Gasteiger partial charge on any atom is 1.00 e. The van der Waals surface area contributed by atoms with E-state index in [0.29, 0.717) is 0 Å². The minimum absolute atomic E-state index is 0. The first-order valence-electron chi connectivity index (χ1n) is 3.66. The molecular formula is C6H22N3NaO5S2. The summed E-state index contributed by atoms with van der Waals surface area (Å²) in [5.41, 5.74) is 6.87.